The summed E-state index contributed by atoms with van der Waals surface area (Å²) in [7, 11) is 3.39. The molecule has 6 heteroatoms. The molecule has 0 aromatic heterocycles. The Labute approximate surface area is 161 Å². The van der Waals surface area contributed by atoms with Gasteiger partial charge in [0.2, 0.25) is 11.8 Å². The van der Waals surface area contributed by atoms with Crippen molar-refractivity contribution < 1.29 is 14.3 Å². The topological polar surface area (TPSA) is 49.9 Å². The number of hydrogen-bond acceptors (Lipinski definition) is 3. The Morgan fingerprint density at radius 2 is 2.04 bits per heavy atom. The van der Waals surface area contributed by atoms with Gasteiger partial charge in [0.25, 0.3) is 0 Å². The molecule has 1 heterocycles. The molecular formula is C20H21BrN2O3. The summed E-state index contributed by atoms with van der Waals surface area (Å²) < 4.78 is 6.08. The maximum absolute atomic E-state index is 12.8. The van der Waals surface area contributed by atoms with Gasteiger partial charge in [0.15, 0.2) is 0 Å². The van der Waals surface area contributed by atoms with Crippen molar-refractivity contribution in [1.82, 2.24) is 4.90 Å². The predicted octanol–water partition coefficient (Wildman–Crippen LogP) is 3.47. The normalized spacial score (nSPS) is 16.7. The molecule has 2 aromatic carbocycles. The van der Waals surface area contributed by atoms with Gasteiger partial charge in [0, 0.05) is 31.0 Å². The highest BCUT2D eigenvalue weighted by Gasteiger charge is 2.37. The van der Waals surface area contributed by atoms with Crippen LogP contribution in [0, 0.1) is 5.92 Å². The largest absolute Gasteiger partial charge is 0.497 e. The molecule has 2 amide bonds. The van der Waals surface area contributed by atoms with Crippen LogP contribution in [0.5, 0.6) is 5.75 Å². The molecule has 1 atom stereocenters. The Balaban J connectivity index is 1.68. The van der Waals surface area contributed by atoms with E-state index in [-0.39, 0.29) is 24.2 Å². The van der Waals surface area contributed by atoms with Crippen molar-refractivity contribution in [3.05, 3.63) is 58.6 Å². The molecule has 5 nitrogen and oxygen atoms in total. The molecule has 3 rings (SSSR count). The predicted molar refractivity (Wildman–Crippen MR) is 104 cm³/mol. The summed E-state index contributed by atoms with van der Waals surface area (Å²) in [5.41, 5.74) is 1.80. The molecule has 1 saturated heterocycles. The van der Waals surface area contributed by atoms with E-state index in [0.29, 0.717) is 13.1 Å². The highest BCUT2D eigenvalue weighted by molar-refractivity contribution is 9.10. The number of para-hydroxylation sites is 1. The average Bonchev–Trinajstić information content (AvgIpc) is 3.03. The second-order valence-corrected chi connectivity index (χ2v) is 7.26. The number of nitrogens with zero attached hydrogens (tertiary/aromatic N) is 2. The molecule has 1 aliphatic rings. The lowest BCUT2D eigenvalue weighted by atomic mass is 10.1. The lowest BCUT2D eigenvalue weighted by molar-refractivity contribution is -0.135. The monoisotopic (exact) mass is 416 g/mol. The maximum atomic E-state index is 12.8. The van der Waals surface area contributed by atoms with Crippen molar-refractivity contribution in [2.45, 2.75) is 13.0 Å². The number of carbonyl (C=O) groups excluding carboxylic acids is 2. The molecule has 136 valence electrons. The SMILES string of the molecule is COc1cccc(CN(C)C(=O)C2CC(=O)N(c3ccccc3Br)C2)c1. The van der Waals surface area contributed by atoms with Crippen LogP contribution in [0.15, 0.2) is 53.0 Å². The van der Waals surface area contributed by atoms with E-state index in [0.717, 1.165) is 21.5 Å². The van der Waals surface area contributed by atoms with Gasteiger partial charge in [-0.25, -0.2) is 0 Å². The number of ether oxygens (including phenoxy) is 1. The van der Waals surface area contributed by atoms with Crippen LogP contribution in [0.25, 0.3) is 0 Å². The fourth-order valence-corrected chi connectivity index (χ4v) is 3.71. The van der Waals surface area contributed by atoms with Gasteiger partial charge in [-0.05, 0) is 45.8 Å². The number of rotatable bonds is 5. The second-order valence-electron chi connectivity index (χ2n) is 6.40. The van der Waals surface area contributed by atoms with Crippen LogP contribution < -0.4 is 9.64 Å². The average molecular weight is 417 g/mol. The summed E-state index contributed by atoms with van der Waals surface area (Å²) >= 11 is 3.48. The van der Waals surface area contributed by atoms with Gasteiger partial charge in [-0.15, -0.1) is 0 Å². The number of anilines is 1. The molecule has 0 saturated carbocycles. The number of benzene rings is 2. The molecule has 0 spiro atoms. The van der Waals surface area contributed by atoms with Crippen LogP contribution in [0.1, 0.15) is 12.0 Å². The van der Waals surface area contributed by atoms with Crippen molar-refractivity contribution in [3.8, 4) is 5.75 Å². The molecule has 26 heavy (non-hydrogen) atoms. The molecule has 0 N–H and O–H groups in total. The Morgan fingerprint density at radius 3 is 2.77 bits per heavy atom. The highest BCUT2D eigenvalue weighted by Crippen LogP contribution is 2.32. The van der Waals surface area contributed by atoms with E-state index < -0.39 is 0 Å². The first kappa shape index (κ1) is 18.5. The van der Waals surface area contributed by atoms with Crippen molar-refractivity contribution in [2.24, 2.45) is 5.92 Å². The van der Waals surface area contributed by atoms with Gasteiger partial charge >= 0.3 is 0 Å². The first-order valence-corrected chi connectivity index (χ1v) is 9.21. The molecule has 0 aliphatic carbocycles. The standard InChI is InChI=1S/C20H21BrN2O3/c1-22(12-14-6-5-7-16(10-14)26-2)20(25)15-11-19(24)23(13-15)18-9-4-3-8-17(18)21/h3-10,15H,11-13H2,1-2H3. The van der Waals surface area contributed by atoms with Gasteiger partial charge in [-0.2, -0.15) is 0 Å². The first-order chi connectivity index (χ1) is 12.5. The zero-order valence-electron chi connectivity index (χ0n) is 14.8. The van der Waals surface area contributed by atoms with Crippen LogP contribution >= 0.6 is 15.9 Å². The van der Waals surface area contributed by atoms with Gasteiger partial charge < -0.3 is 14.5 Å². The van der Waals surface area contributed by atoms with Crippen molar-refractivity contribution in [1.29, 1.82) is 0 Å². The third-order valence-electron chi connectivity index (χ3n) is 4.55. The van der Waals surface area contributed by atoms with Crippen LogP contribution in [-0.2, 0) is 16.1 Å². The fourth-order valence-electron chi connectivity index (χ4n) is 3.21. The molecule has 1 fully saturated rings. The minimum Gasteiger partial charge on any atom is -0.497 e. The van der Waals surface area contributed by atoms with Gasteiger partial charge in [-0.1, -0.05) is 24.3 Å². The first-order valence-electron chi connectivity index (χ1n) is 8.42. The van der Waals surface area contributed by atoms with E-state index >= 15 is 0 Å². The Morgan fingerprint density at radius 1 is 1.27 bits per heavy atom. The van der Waals surface area contributed by atoms with Crippen LogP contribution in [-0.4, -0.2) is 37.4 Å². The van der Waals surface area contributed by atoms with Crippen molar-refractivity contribution in [2.75, 3.05) is 25.6 Å². The summed E-state index contributed by atoms with van der Waals surface area (Å²) in [6, 6.07) is 15.2. The summed E-state index contributed by atoms with van der Waals surface area (Å²) in [4.78, 5) is 28.6. The quantitative estimate of drug-likeness (QED) is 0.749. The lowest BCUT2D eigenvalue weighted by Crippen LogP contribution is -2.34. The minimum absolute atomic E-state index is 0.0178. The van der Waals surface area contributed by atoms with Gasteiger partial charge in [-0.3, -0.25) is 9.59 Å². The van der Waals surface area contributed by atoms with E-state index in [1.165, 1.54) is 0 Å². The molecular weight excluding hydrogens is 396 g/mol. The lowest BCUT2D eigenvalue weighted by Gasteiger charge is -2.22. The number of methoxy groups -OCH3 is 1. The Bertz CT molecular complexity index is 824. The molecule has 0 radical (unpaired) electrons. The molecule has 1 aliphatic heterocycles. The highest BCUT2D eigenvalue weighted by atomic mass is 79.9. The van der Waals surface area contributed by atoms with Crippen molar-refractivity contribution in [3.63, 3.8) is 0 Å². The number of halogens is 1. The van der Waals surface area contributed by atoms with Gasteiger partial charge in [0.05, 0.1) is 18.7 Å². The van der Waals surface area contributed by atoms with Crippen LogP contribution in [0.3, 0.4) is 0 Å². The van der Waals surface area contributed by atoms with Crippen LogP contribution in [0.4, 0.5) is 5.69 Å². The van der Waals surface area contributed by atoms with E-state index in [1.807, 2.05) is 48.5 Å². The summed E-state index contributed by atoms with van der Waals surface area (Å²) in [6.07, 6.45) is 0.239. The zero-order chi connectivity index (χ0) is 18.7. The Kier molecular flexibility index (Phi) is 5.61. The minimum atomic E-state index is -0.329. The number of carbonyl (C=O) groups is 2. The number of amides is 2. The van der Waals surface area contributed by atoms with E-state index in [1.54, 1.807) is 24.0 Å². The summed E-state index contributed by atoms with van der Waals surface area (Å²) in [5, 5.41) is 0. The van der Waals surface area contributed by atoms with E-state index in [2.05, 4.69) is 15.9 Å². The van der Waals surface area contributed by atoms with Gasteiger partial charge in [0.1, 0.15) is 5.75 Å². The molecule has 2 aromatic rings. The summed E-state index contributed by atoms with van der Waals surface area (Å²) in [6.45, 7) is 0.887. The second kappa shape index (κ2) is 7.91. The van der Waals surface area contributed by atoms with Crippen LogP contribution in [0.2, 0.25) is 0 Å². The zero-order valence-corrected chi connectivity index (χ0v) is 16.4. The smallest absolute Gasteiger partial charge is 0.228 e. The number of hydrogen-bond donors (Lipinski definition) is 0. The fraction of sp³-hybridized carbons (Fsp3) is 0.300. The maximum Gasteiger partial charge on any atom is 0.228 e. The van der Waals surface area contributed by atoms with E-state index in [9.17, 15) is 9.59 Å². The summed E-state index contributed by atoms with van der Waals surface area (Å²) in [5.74, 6) is 0.394. The molecule has 0 bridgehead atoms. The van der Waals surface area contributed by atoms with E-state index in [4.69, 9.17) is 4.74 Å². The third-order valence-corrected chi connectivity index (χ3v) is 5.22. The Hall–Kier alpha value is -2.34. The third kappa shape index (κ3) is 3.90. The van der Waals surface area contributed by atoms with Crippen molar-refractivity contribution >= 4 is 33.4 Å². The molecule has 1 unspecified atom stereocenters.